The van der Waals surface area contributed by atoms with Crippen LogP contribution in [0.1, 0.15) is 71.5 Å². The quantitative estimate of drug-likeness (QED) is 0.533. The number of hydrogen-bond donors (Lipinski definition) is 1. The van der Waals surface area contributed by atoms with E-state index < -0.39 is 35.6 Å². The highest BCUT2D eigenvalue weighted by molar-refractivity contribution is 7.09. The first-order chi connectivity index (χ1) is 16.4. The Hall–Kier alpha value is -2.09. The van der Waals surface area contributed by atoms with Crippen LogP contribution < -0.4 is 0 Å². The molecule has 7 heteroatoms. The van der Waals surface area contributed by atoms with Crippen LogP contribution in [-0.4, -0.2) is 47.3 Å². The zero-order valence-corrected chi connectivity index (χ0v) is 23.1. The van der Waals surface area contributed by atoms with Crippen molar-refractivity contribution >= 4 is 29.2 Å². The van der Waals surface area contributed by atoms with Crippen molar-refractivity contribution in [2.75, 3.05) is 7.11 Å². The summed E-state index contributed by atoms with van der Waals surface area (Å²) in [6.07, 6.45) is 7.21. The molecular weight excluding hydrogens is 462 g/mol. The van der Waals surface area contributed by atoms with Crippen LogP contribution in [0.3, 0.4) is 0 Å². The number of esters is 1. The van der Waals surface area contributed by atoms with Gasteiger partial charge in [0.2, 0.25) is 0 Å². The SMILES string of the molecule is CO[C@H]1CC(=O)O[C@H](/C(C)=C/c2csc(C)n2)C/C=C(C)\C=C\C[C@H](C)[C@H](O)[C@@H](C)C(=O)C1(C)C. The van der Waals surface area contributed by atoms with Crippen molar-refractivity contribution < 1.29 is 24.2 Å². The maximum atomic E-state index is 13.4. The molecule has 2 rings (SSSR count). The van der Waals surface area contributed by atoms with E-state index in [1.165, 1.54) is 7.11 Å². The van der Waals surface area contributed by atoms with Gasteiger partial charge in [0.05, 0.1) is 34.7 Å². The molecule has 0 fully saturated rings. The van der Waals surface area contributed by atoms with E-state index in [-0.39, 0.29) is 18.1 Å². The molecular formula is C28H41NO5S. The summed E-state index contributed by atoms with van der Waals surface area (Å²) in [5, 5.41) is 13.8. The molecule has 0 aliphatic carbocycles. The van der Waals surface area contributed by atoms with Gasteiger partial charge >= 0.3 is 5.97 Å². The van der Waals surface area contributed by atoms with Crippen LogP contribution in [0.15, 0.2) is 34.8 Å². The number of ether oxygens (including phenoxy) is 2. The highest BCUT2D eigenvalue weighted by Gasteiger charge is 2.43. The van der Waals surface area contributed by atoms with E-state index in [2.05, 4.69) is 11.1 Å². The maximum Gasteiger partial charge on any atom is 0.309 e. The maximum absolute atomic E-state index is 13.4. The molecule has 0 spiro atoms. The Balaban J connectivity index is 2.41. The first-order valence-electron chi connectivity index (χ1n) is 12.2. The highest BCUT2D eigenvalue weighted by atomic mass is 32.1. The van der Waals surface area contributed by atoms with Gasteiger partial charge < -0.3 is 14.6 Å². The topological polar surface area (TPSA) is 85.7 Å². The molecule has 194 valence electrons. The third-order valence-corrected chi connectivity index (χ3v) is 7.71. The lowest BCUT2D eigenvalue weighted by Crippen LogP contribution is -2.46. The number of hydrogen-bond acceptors (Lipinski definition) is 7. The number of methoxy groups -OCH3 is 1. The molecule has 5 atom stereocenters. The number of rotatable bonds is 3. The Morgan fingerprint density at radius 1 is 1.26 bits per heavy atom. The number of allylic oxidation sites excluding steroid dienone is 3. The summed E-state index contributed by atoms with van der Waals surface area (Å²) in [5.74, 6) is -1.24. The van der Waals surface area contributed by atoms with Gasteiger partial charge in [-0.25, -0.2) is 4.98 Å². The Labute approximate surface area is 214 Å². The third kappa shape index (κ3) is 7.95. The Kier molecular flexibility index (Phi) is 10.6. The molecule has 0 amide bonds. The molecule has 0 radical (unpaired) electrons. The fourth-order valence-electron chi connectivity index (χ4n) is 4.45. The number of thiazole rings is 1. The smallest absolute Gasteiger partial charge is 0.309 e. The minimum Gasteiger partial charge on any atom is -0.457 e. The molecule has 1 N–H and O–H groups in total. The number of aliphatic hydroxyl groups excluding tert-OH is 1. The summed E-state index contributed by atoms with van der Waals surface area (Å²) in [5.41, 5.74) is 1.80. The monoisotopic (exact) mass is 503 g/mol. The van der Waals surface area contributed by atoms with Gasteiger partial charge in [-0.05, 0) is 44.8 Å². The van der Waals surface area contributed by atoms with Crippen LogP contribution >= 0.6 is 11.3 Å². The molecule has 1 aliphatic rings. The lowest BCUT2D eigenvalue weighted by Gasteiger charge is -2.36. The van der Waals surface area contributed by atoms with Crippen molar-refractivity contribution in [3.63, 3.8) is 0 Å². The lowest BCUT2D eigenvalue weighted by molar-refractivity contribution is -0.155. The Morgan fingerprint density at radius 3 is 2.54 bits per heavy atom. The fourth-order valence-corrected chi connectivity index (χ4v) is 5.02. The summed E-state index contributed by atoms with van der Waals surface area (Å²) in [7, 11) is 1.50. The van der Waals surface area contributed by atoms with Gasteiger partial charge in [-0.15, -0.1) is 11.3 Å². The van der Waals surface area contributed by atoms with E-state index in [0.717, 1.165) is 21.8 Å². The number of nitrogens with zero attached hydrogens (tertiary/aromatic N) is 1. The molecule has 0 saturated carbocycles. The van der Waals surface area contributed by atoms with Crippen molar-refractivity contribution in [3.05, 3.63) is 45.5 Å². The van der Waals surface area contributed by atoms with E-state index in [9.17, 15) is 14.7 Å². The average Bonchev–Trinajstić information content (AvgIpc) is 3.21. The first-order valence-corrected chi connectivity index (χ1v) is 13.1. The first kappa shape index (κ1) is 29.1. The normalized spacial score (nSPS) is 32.0. The number of carbonyl (C=O) groups is 2. The summed E-state index contributed by atoms with van der Waals surface area (Å²) >= 11 is 1.57. The van der Waals surface area contributed by atoms with Crippen molar-refractivity contribution in [1.29, 1.82) is 0 Å². The average molecular weight is 504 g/mol. The van der Waals surface area contributed by atoms with Crippen LogP contribution in [0.5, 0.6) is 0 Å². The van der Waals surface area contributed by atoms with Gasteiger partial charge in [0.15, 0.2) is 0 Å². The number of Topliss-reactive ketones (excluding diaryl/α,β-unsaturated/α-hetero) is 1. The van der Waals surface area contributed by atoms with Gasteiger partial charge in [0, 0.05) is 24.8 Å². The number of cyclic esters (lactones) is 1. The molecule has 0 bridgehead atoms. The van der Waals surface area contributed by atoms with Crippen LogP contribution in [0.2, 0.25) is 0 Å². The van der Waals surface area contributed by atoms with E-state index >= 15 is 0 Å². The van der Waals surface area contributed by atoms with Crippen LogP contribution in [0, 0.1) is 24.2 Å². The van der Waals surface area contributed by atoms with E-state index in [1.807, 2.05) is 51.3 Å². The molecule has 1 aromatic rings. The van der Waals surface area contributed by atoms with Crippen LogP contribution in [-0.2, 0) is 19.1 Å². The van der Waals surface area contributed by atoms with Gasteiger partial charge in [-0.2, -0.15) is 0 Å². The standard InChI is InChI=1S/C28H41NO5S/c1-17-10-9-11-18(2)26(31)20(4)27(32)28(6,7)24(33-8)15-25(30)34-23(13-12-17)19(3)14-22-16-35-21(5)29-22/h9-10,12,14,16,18,20,23-24,26,31H,11,13,15H2,1-8H3/b10-9+,17-12-,19-14+/t18-,20+,23-,24-,26-/m0/s1. The summed E-state index contributed by atoms with van der Waals surface area (Å²) in [6.45, 7) is 13.1. The van der Waals surface area contributed by atoms with Crippen molar-refractivity contribution in [2.45, 2.75) is 86.0 Å². The summed E-state index contributed by atoms with van der Waals surface area (Å²) < 4.78 is 11.5. The van der Waals surface area contributed by atoms with Crippen LogP contribution in [0.25, 0.3) is 6.08 Å². The third-order valence-electron chi connectivity index (χ3n) is 6.92. The van der Waals surface area contributed by atoms with Gasteiger partial charge in [0.1, 0.15) is 11.9 Å². The molecule has 6 nitrogen and oxygen atoms in total. The largest absolute Gasteiger partial charge is 0.457 e. The summed E-state index contributed by atoms with van der Waals surface area (Å²) in [6, 6.07) is 0. The predicted molar refractivity (Wildman–Crippen MR) is 141 cm³/mol. The zero-order chi connectivity index (χ0) is 26.3. The van der Waals surface area contributed by atoms with Crippen molar-refractivity contribution in [2.24, 2.45) is 17.3 Å². The van der Waals surface area contributed by atoms with Crippen molar-refractivity contribution in [3.8, 4) is 0 Å². The molecule has 0 unspecified atom stereocenters. The number of aromatic nitrogens is 1. The fraction of sp³-hybridized carbons (Fsp3) is 0.607. The molecule has 1 aliphatic heterocycles. The minimum absolute atomic E-state index is 0.0597. The molecule has 35 heavy (non-hydrogen) atoms. The zero-order valence-electron chi connectivity index (χ0n) is 22.3. The number of ketones is 1. The van der Waals surface area contributed by atoms with E-state index in [0.29, 0.717) is 12.8 Å². The highest BCUT2D eigenvalue weighted by Crippen LogP contribution is 2.33. The molecule has 0 saturated heterocycles. The summed E-state index contributed by atoms with van der Waals surface area (Å²) in [4.78, 5) is 30.9. The Morgan fingerprint density at radius 2 is 1.94 bits per heavy atom. The van der Waals surface area contributed by atoms with Gasteiger partial charge in [0.25, 0.3) is 0 Å². The number of aryl methyl sites for hydroxylation is 1. The molecule has 0 aromatic carbocycles. The minimum atomic E-state index is -0.976. The van der Waals surface area contributed by atoms with Crippen LogP contribution in [0.4, 0.5) is 0 Å². The Bertz CT molecular complexity index is 974. The van der Waals surface area contributed by atoms with Gasteiger partial charge in [-0.1, -0.05) is 51.5 Å². The molecule has 1 aromatic heterocycles. The predicted octanol–water partition coefficient (Wildman–Crippen LogP) is 5.70. The molecule has 2 heterocycles. The van der Waals surface area contributed by atoms with Gasteiger partial charge in [-0.3, -0.25) is 9.59 Å². The lowest BCUT2D eigenvalue weighted by atomic mass is 9.73. The second kappa shape index (κ2) is 12.7. The second-order valence-corrected chi connectivity index (χ2v) is 11.3. The van der Waals surface area contributed by atoms with E-state index in [4.69, 9.17) is 9.47 Å². The van der Waals surface area contributed by atoms with E-state index in [1.54, 1.807) is 32.1 Å². The van der Waals surface area contributed by atoms with Crippen molar-refractivity contribution in [1.82, 2.24) is 4.98 Å². The number of aliphatic hydroxyl groups is 1. The second-order valence-electron chi connectivity index (χ2n) is 10.3. The number of carbonyl (C=O) groups excluding carboxylic acids is 2.